The van der Waals surface area contributed by atoms with Gasteiger partial charge in [0.2, 0.25) is 0 Å². The first-order valence-electron chi connectivity index (χ1n) is 35.6. The van der Waals surface area contributed by atoms with E-state index in [9.17, 15) is 14.4 Å². The number of carbonyl (C=O) groups excluding carboxylic acids is 3. The number of hydrogen-bond donors (Lipinski definition) is 0. The highest BCUT2D eigenvalue weighted by molar-refractivity contribution is 5.71. The fraction of sp³-hybridized carbons (Fsp3) is 0.851. The summed E-state index contributed by atoms with van der Waals surface area (Å²) >= 11 is 0. The average Bonchev–Trinajstić information content (AvgIpc) is 3.46. The summed E-state index contributed by atoms with van der Waals surface area (Å²) in [6.07, 6.45) is 87.2. The lowest BCUT2D eigenvalue weighted by Crippen LogP contribution is -2.30. The zero-order valence-corrected chi connectivity index (χ0v) is 53.9. The monoisotopic (exact) mass is 1120 g/mol. The lowest BCUT2D eigenvalue weighted by molar-refractivity contribution is -0.167. The second-order valence-corrected chi connectivity index (χ2v) is 24.1. The van der Waals surface area contributed by atoms with Crippen molar-refractivity contribution in [1.82, 2.24) is 0 Å². The van der Waals surface area contributed by atoms with E-state index in [1.165, 1.54) is 263 Å². The maximum Gasteiger partial charge on any atom is 0.306 e. The molecule has 0 N–H and O–H groups in total. The second kappa shape index (κ2) is 68.9. The largest absolute Gasteiger partial charge is 0.462 e. The first-order chi connectivity index (χ1) is 39.5. The van der Waals surface area contributed by atoms with E-state index in [2.05, 4.69) is 69.4 Å². The summed E-state index contributed by atoms with van der Waals surface area (Å²) in [6.45, 7) is 6.60. The van der Waals surface area contributed by atoms with Crippen molar-refractivity contribution in [3.63, 3.8) is 0 Å². The van der Waals surface area contributed by atoms with E-state index in [1.807, 2.05) is 0 Å². The van der Waals surface area contributed by atoms with Gasteiger partial charge >= 0.3 is 17.9 Å². The van der Waals surface area contributed by atoms with E-state index < -0.39 is 6.10 Å². The van der Waals surface area contributed by atoms with E-state index in [4.69, 9.17) is 14.2 Å². The van der Waals surface area contributed by atoms with Gasteiger partial charge in [0.1, 0.15) is 13.2 Å². The van der Waals surface area contributed by atoms with Crippen molar-refractivity contribution in [2.75, 3.05) is 13.2 Å². The first kappa shape index (κ1) is 77.4. The Labute approximate surface area is 498 Å². The molecular weight excluding hydrogens is 985 g/mol. The maximum absolute atomic E-state index is 13.0. The fourth-order valence-corrected chi connectivity index (χ4v) is 10.8. The number of esters is 3. The summed E-state index contributed by atoms with van der Waals surface area (Å²) in [6, 6.07) is 0. The van der Waals surface area contributed by atoms with Crippen molar-refractivity contribution >= 4 is 17.9 Å². The third-order valence-corrected chi connectivity index (χ3v) is 16.1. The Balaban J connectivity index is 4.23. The lowest BCUT2D eigenvalue weighted by Gasteiger charge is -2.18. The van der Waals surface area contributed by atoms with Crippen LogP contribution in [0.3, 0.4) is 0 Å². The Bertz CT molecular complexity index is 1380. The molecule has 1 atom stereocenters. The molecule has 0 aromatic carbocycles. The van der Waals surface area contributed by atoms with Crippen molar-refractivity contribution in [2.24, 2.45) is 0 Å². The molecule has 1 unspecified atom stereocenters. The van der Waals surface area contributed by atoms with Gasteiger partial charge < -0.3 is 14.2 Å². The normalized spacial score (nSPS) is 12.3. The van der Waals surface area contributed by atoms with Gasteiger partial charge in [-0.3, -0.25) is 14.4 Å². The van der Waals surface area contributed by atoms with E-state index in [1.54, 1.807) is 0 Å². The Morgan fingerprint density at radius 1 is 0.263 bits per heavy atom. The molecular formula is C74H136O6. The molecule has 0 fully saturated rings. The van der Waals surface area contributed by atoms with Crippen molar-refractivity contribution in [2.45, 2.75) is 393 Å². The molecule has 0 radical (unpaired) electrons. The third kappa shape index (κ3) is 66.2. The molecule has 468 valence electrons. The van der Waals surface area contributed by atoms with Gasteiger partial charge in [-0.1, -0.05) is 358 Å². The average molecular weight is 1120 g/mol. The Morgan fingerprint density at radius 3 is 0.762 bits per heavy atom. The molecule has 0 bridgehead atoms. The third-order valence-electron chi connectivity index (χ3n) is 16.1. The molecule has 0 amide bonds. The smallest absolute Gasteiger partial charge is 0.306 e. The minimum absolute atomic E-state index is 0.0689. The summed E-state index contributed by atoms with van der Waals surface area (Å²) in [5, 5.41) is 0. The van der Waals surface area contributed by atoms with Gasteiger partial charge in [0.05, 0.1) is 0 Å². The second-order valence-electron chi connectivity index (χ2n) is 24.1. The fourth-order valence-electron chi connectivity index (χ4n) is 10.8. The van der Waals surface area contributed by atoms with Crippen molar-refractivity contribution in [1.29, 1.82) is 0 Å². The van der Waals surface area contributed by atoms with Gasteiger partial charge in [0, 0.05) is 19.3 Å². The molecule has 0 aromatic heterocycles. The highest BCUT2D eigenvalue weighted by atomic mass is 16.6. The van der Waals surface area contributed by atoms with Crippen LogP contribution in [0.5, 0.6) is 0 Å². The first-order valence-corrected chi connectivity index (χ1v) is 35.6. The molecule has 0 spiro atoms. The lowest BCUT2D eigenvalue weighted by atomic mass is 10.0. The molecule has 0 aliphatic carbocycles. The Hall–Kier alpha value is -2.63. The number of ether oxygens (including phenoxy) is 3. The van der Waals surface area contributed by atoms with Crippen LogP contribution in [0.15, 0.2) is 48.6 Å². The van der Waals surface area contributed by atoms with Crippen LogP contribution in [-0.2, 0) is 28.6 Å². The number of allylic oxidation sites excluding steroid dienone is 8. The predicted octanol–water partition coefficient (Wildman–Crippen LogP) is 24.5. The zero-order chi connectivity index (χ0) is 57.8. The SMILES string of the molecule is CC/C=C\C/C=C\C/C=C\C/C=C\CCCCCCCCCCCCC(=O)OC(COC(=O)CCCCCCCCCCCCCCC)COC(=O)CCCCCCCCCCCCCCCCCCCCCCCCCCCC. The van der Waals surface area contributed by atoms with Crippen LogP contribution in [0.2, 0.25) is 0 Å². The Morgan fingerprint density at radius 2 is 0.487 bits per heavy atom. The van der Waals surface area contributed by atoms with Gasteiger partial charge in [-0.25, -0.2) is 0 Å². The summed E-state index contributed by atoms with van der Waals surface area (Å²) in [4.78, 5) is 38.4. The molecule has 0 saturated heterocycles. The van der Waals surface area contributed by atoms with Gasteiger partial charge in [-0.15, -0.1) is 0 Å². The van der Waals surface area contributed by atoms with Crippen LogP contribution in [0.25, 0.3) is 0 Å². The van der Waals surface area contributed by atoms with E-state index >= 15 is 0 Å². The minimum atomic E-state index is -0.773. The van der Waals surface area contributed by atoms with E-state index in [0.717, 1.165) is 83.5 Å². The molecule has 0 aliphatic heterocycles. The molecule has 0 rings (SSSR count). The molecule has 80 heavy (non-hydrogen) atoms. The van der Waals surface area contributed by atoms with E-state index in [0.29, 0.717) is 19.3 Å². The number of carbonyl (C=O) groups is 3. The van der Waals surface area contributed by atoms with Crippen LogP contribution in [-0.4, -0.2) is 37.2 Å². The minimum Gasteiger partial charge on any atom is -0.462 e. The summed E-state index contributed by atoms with van der Waals surface area (Å²) in [7, 11) is 0. The zero-order valence-electron chi connectivity index (χ0n) is 53.9. The van der Waals surface area contributed by atoms with Gasteiger partial charge in [0.25, 0.3) is 0 Å². The highest BCUT2D eigenvalue weighted by Gasteiger charge is 2.19. The number of hydrogen-bond acceptors (Lipinski definition) is 6. The Kier molecular flexibility index (Phi) is 66.6. The van der Waals surface area contributed by atoms with Crippen LogP contribution in [0.4, 0.5) is 0 Å². The summed E-state index contributed by atoms with van der Waals surface area (Å²) in [5.41, 5.74) is 0. The van der Waals surface area contributed by atoms with Crippen molar-refractivity contribution in [3.8, 4) is 0 Å². The van der Waals surface area contributed by atoms with Crippen LogP contribution in [0.1, 0.15) is 387 Å². The molecule has 6 nitrogen and oxygen atoms in total. The molecule has 0 aromatic rings. The standard InChI is InChI=1S/C74H136O6/c1-4-7-10-13-16-19-22-25-27-29-31-33-35-36-37-39-40-42-44-46-49-52-55-58-61-64-67-73(76)79-70-71(69-78-72(75)66-63-60-57-54-51-48-24-21-18-15-12-9-6-3)80-74(77)68-65-62-59-56-53-50-47-45-43-41-38-34-32-30-28-26-23-20-17-14-11-8-5-2/h8,11,17,20,26,28,32,34,71H,4-7,9-10,12-16,18-19,21-25,27,29-31,33,35-70H2,1-3H3/b11-8-,20-17-,28-26-,34-32-. The topological polar surface area (TPSA) is 78.9 Å². The van der Waals surface area contributed by atoms with Gasteiger partial charge in [-0.2, -0.15) is 0 Å². The summed E-state index contributed by atoms with van der Waals surface area (Å²) in [5.74, 6) is -0.845. The number of unbranched alkanes of at least 4 members (excludes halogenated alkanes) is 47. The van der Waals surface area contributed by atoms with Crippen LogP contribution < -0.4 is 0 Å². The summed E-state index contributed by atoms with van der Waals surface area (Å²) < 4.78 is 17.0. The van der Waals surface area contributed by atoms with Crippen molar-refractivity contribution in [3.05, 3.63) is 48.6 Å². The number of rotatable bonds is 66. The highest BCUT2D eigenvalue weighted by Crippen LogP contribution is 2.19. The quantitative estimate of drug-likeness (QED) is 0.0261. The molecule has 0 heterocycles. The van der Waals surface area contributed by atoms with Gasteiger partial charge in [-0.05, 0) is 57.8 Å². The van der Waals surface area contributed by atoms with Crippen LogP contribution in [0, 0.1) is 0 Å². The molecule has 0 saturated carbocycles. The van der Waals surface area contributed by atoms with E-state index in [-0.39, 0.29) is 31.1 Å². The van der Waals surface area contributed by atoms with Crippen LogP contribution >= 0.6 is 0 Å². The predicted molar refractivity (Wildman–Crippen MR) is 349 cm³/mol. The van der Waals surface area contributed by atoms with Gasteiger partial charge in [0.15, 0.2) is 6.10 Å². The van der Waals surface area contributed by atoms with Crippen molar-refractivity contribution < 1.29 is 28.6 Å². The molecule has 6 heteroatoms. The molecule has 0 aliphatic rings. The maximum atomic E-state index is 13.0.